The van der Waals surface area contributed by atoms with Gasteiger partial charge in [-0.1, -0.05) is 72.8 Å². The Balaban J connectivity index is 0.000000119. The molecule has 0 atom stereocenters. The first-order valence-corrected chi connectivity index (χ1v) is 13.2. The van der Waals surface area contributed by atoms with Gasteiger partial charge in [0.2, 0.25) is 6.79 Å². The fraction of sp³-hybridized carbons (Fsp3) is 0.121. The number of hydrogen-bond donors (Lipinski definition) is 1. The molecule has 3 heterocycles. The molecule has 4 aliphatic rings. The van der Waals surface area contributed by atoms with E-state index in [1.54, 1.807) is 72.8 Å². The minimum atomic E-state index is -0.300. The number of carbonyl (C=O) groups excluding carboxylic acids is 5. The van der Waals surface area contributed by atoms with Crippen molar-refractivity contribution in [2.75, 3.05) is 13.4 Å². The smallest absolute Gasteiger partial charge is 0.305 e. The summed E-state index contributed by atoms with van der Waals surface area (Å²) in [5.74, 6) is 0.915. The summed E-state index contributed by atoms with van der Waals surface area (Å²) < 4.78 is 14.7. The van der Waals surface area contributed by atoms with Crippen molar-refractivity contribution in [2.45, 2.75) is 12.8 Å². The van der Waals surface area contributed by atoms with E-state index in [0.717, 1.165) is 17.9 Å². The van der Waals surface area contributed by atoms with Crippen LogP contribution in [-0.2, 0) is 9.53 Å². The van der Waals surface area contributed by atoms with Crippen molar-refractivity contribution in [3.05, 3.63) is 130 Å². The van der Waals surface area contributed by atoms with Gasteiger partial charge in [0, 0.05) is 28.7 Å². The monoisotopic (exact) mass is 563 g/mol. The minimum Gasteiger partial charge on any atom is -0.466 e. The lowest BCUT2D eigenvalue weighted by atomic mass is 9.84. The molecule has 42 heavy (non-hydrogen) atoms. The van der Waals surface area contributed by atoms with E-state index in [9.17, 15) is 24.0 Å². The van der Waals surface area contributed by atoms with E-state index in [0.29, 0.717) is 53.2 Å². The van der Waals surface area contributed by atoms with Crippen LogP contribution >= 0.6 is 0 Å². The first-order valence-electron chi connectivity index (χ1n) is 13.2. The molecule has 4 aromatic carbocycles. The van der Waals surface area contributed by atoms with Crippen LogP contribution in [0.1, 0.15) is 65.4 Å². The van der Waals surface area contributed by atoms with Gasteiger partial charge in [-0.15, -0.1) is 0 Å². The maximum Gasteiger partial charge on any atom is 0.305 e. The van der Waals surface area contributed by atoms with E-state index < -0.39 is 0 Å². The number of cyclic esters (lactones) is 1. The fourth-order valence-corrected chi connectivity index (χ4v) is 4.49. The van der Waals surface area contributed by atoms with Crippen LogP contribution in [0.4, 0.5) is 0 Å². The number of fused-ring (bicyclic) bond motifs is 4. The molecule has 210 valence electrons. The molecule has 0 unspecified atom stereocenters. The Morgan fingerprint density at radius 1 is 0.476 bits per heavy atom. The van der Waals surface area contributed by atoms with Gasteiger partial charge in [-0.2, -0.15) is 0 Å². The third-order valence-electron chi connectivity index (χ3n) is 6.54. The number of imide groups is 1. The molecule has 4 aromatic rings. The van der Waals surface area contributed by atoms with Gasteiger partial charge in [0.1, 0.15) is 0 Å². The number of benzene rings is 4. The van der Waals surface area contributed by atoms with Crippen molar-refractivity contribution in [3.8, 4) is 11.5 Å². The average molecular weight is 564 g/mol. The van der Waals surface area contributed by atoms with Crippen LogP contribution in [0.15, 0.2) is 97.1 Å². The highest BCUT2D eigenvalue weighted by Crippen LogP contribution is 2.30. The number of ketones is 2. The molecule has 2 amide bonds. The molecule has 1 fully saturated rings. The molecule has 0 bridgehead atoms. The SMILES string of the molecule is O=C1CCCO1.O=C1NC(=O)c2ccccc21.O=C1c2ccccc2C(=O)c2ccccc21.c1ccc2c(c1)OCO2. The second kappa shape index (κ2) is 12.7. The molecule has 0 spiro atoms. The molecule has 9 nitrogen and oxygen atoms in total. The third kappa shape index (κ3) is 6.10. The predicted molar refractivity (Wildman–Crippen MR) is 151 cm³/mol. The summed E-state index contributed by atoms with van der Waals surface area (Å²) in [6.45, 7) is 0.998. The van der Waals surface area contributed by atoms with Gasteiger partial charge in [-0.05, 0) is 30.7 Å². The van der Waals surface area contributed by atoms with Crippen molar-refractivity contribution < 1.29 is 38.2 Å². The van der Waals surface area contributed by atoms with Gasteiger partial charge in [0.15, 0.2) is 23.1 Å². The molecule has 1 N–H and O–H groups in total. The van der Waals surface area contributed by atoms with Crippen LogP contribution in [0.25, 0.3) is 0 Å². The summed E-state index contributed by atoms with van der Waals surface area (Å²) in [4.78, 5) is 56.1. The van der Waals surface area contributed by atoms with Crippen LogP contribution < -0.4 is 14.8 Å². The van der Waals surface area contributed by atoms with Crippen LogP contribution in [0.5, 0.6) is 11.5 Å². The van der Waals surface area contributed by atoms with Crippen LogP contribution in [0, 0.1) is 0 Å². The summed E-state index contributed by atoms with van der Waals surface area (Å²) in [5, 5.41) is 2.20. The van der Waals surface area contributed by atoms with Crippen molar-refractivity contribution in [3.63, 3.8) is 0 Å². The molecular formula is C33H25NO8. The van der Waals surface area contributed by atoms with E-state index in [1.165, 1.54) is 0 Å². The summed E-state index contributed by atoms with van der Waals surface area (Å²) in [6.07, 6.45) is 1.54. The second-order valence-corrected chi connectivity index (χ2v) is 9.26. The van der Waals surface area contributed by atoms with E-state index >= 15 is 0 Å². The number of amides is 2. The predicted octanol–water partition coefficient (Wildman–Crippen LogP) is 4.77. The first-order chi connectivity index (χ1) is 20.4. The lowest BCUT2D eigenvalue weighted by Crippen LogP contribution is -2.20. The summed E-state index contributed by atoms with van der Waals surface area (Å²) >= 11 is 0. The largest absolute Gasteiger partial charge is 0.466 e. The van der Waals surface area contributed by atoms with Crippen LogP contribution in [0.2, 0.25) is 0 Å². The molecule has 8 rings (SSSR count). The molecular weight excluding hydrogens is 538 g/mol. The Morgan fingerprint density at radius 3 is 1.19 bits per heavy atom. The maximum atomic E-state index is 12.1. The highest BCUT2D eigenvalue weighted by molar-refractivity contribution is 6.28. The van der Waals surface area contributed by atoms with E-state index in [1.807, 2.05) is 24.3 Å². The quantitative estimate of drug-likeness (QED) is 0.211. The second-order valence-electron chi connectivity index (χ2n) is 9.26. The average Bonchev–Trinajstić information content (AvgIpc) is 3.78. The van der Waals surface area contributed by atoms with Gasteiger partial charge in [0.25, 0.3) is 11.8 Å². The molecule has 0 radical (unpaired) electrons. The Bertz CT molecular complexity index is 1520. The topological polar surface area (TPSA) is 125 Å². The van der Waals surface area contributed by atoms with Gasteiger partial charge < -0.3 is 14.2 Å². The number of ether oxygens (including phenoxy) is 3. The Morgan fingerprint density at radius 2 is 0.857 bits per heavy atom. The summed E-state index contributed by atoms with van der Waals surface area (Å²) in [5.41, 5.74) is 2.96. The zero-order valence-electron chi connectivity index (χ0n) is 22.3. The van der Waals surface area contributed by atoms with Crippen molar-refractivity contribution in [1.29, 1.82) is 0 Å². The van der Waals surface area contributed by atoms with Crippen LogP contribution in [0.3, 0.4) is 0 Å². The lowest BCUT2D eigenvalue weighted by molar-refractivity contribution is -0.137. The Labute approximate surface area is 241 Å². The number of nitrogens with one attached hydrogen (secondary N) is 1. The van der Waals surface area contributed by atoms with Gasteiger partial charge in [-0.3, -0.25) is 29.3 Å². The van der Waals surface area contributed by atoms with Crippen LogP contribution in [-0.4, -0.2) is 42.7 Å². The zero-order valence-corrected chi connectivity index (χ0v) is 22.3. The molecule has 1 aliphatic carbocycles. The van der Waals surface area contributed by atoms with Gasteiger partial charge in [0.05, 0.1) is 17.7 Å². The van der Waals surface area contributed by atoms with Gasteiger partial charge in [-0.25, -0.2) is 0 Å². The standard InChI is InChI=1S/C14H8O2.C8H5NO2.C7H6O2.C4H6O2/c15-13-9-5-1-2-6-10(9)14(16)12-8-4-3-7-11(12)13;10-7-5-3-1-2-4-6(5)8(11)9-7;1-2-4-7-6(3-1)8-5-9-7;5-4-2-1-3-6-4/h1-8H;1-4H,(H,9,10,11);1-4H,5H2;1-3H2. The van der Waals surface area contributed by atoms with E-state index in [-0.39, 0.29) is 29.4 Å². The molecule has 0 saturated carbocycles. The van der Waals surface area contributed by atoms with E-state index in [2.05, 4.69) is 10.1 Å². The Hall–Kier alpha value is -5.57. The highest BCUT2D eigenvalue weighted by Gasteiger charge is 2.28. The van der Waals surface area contributed by atoms with E-state index in [4.69, 9.17) is 9.47 Å². The third-order valence-corrected chi connectivity index (χ3v) is 6.54. The lowest BCUT2D eigenvalue weighted by Gasteiger charge is -2.16. The molecule has 0 aromatic heterocycles. The maximum absolute atomic E-state index is 12.1. The summed E-state index contributed by atoms with van der Waals surface area (Å²) in [7, 11) is 0. The molecule has 3 aliphatic heterocycles. The number of esters is 1. The van der Waals surface area contributed by atoms with Crippen molar-refractivity contribution in [1.82, 2.24) is 5.32 Å². The number of hydrogen-bond acceptors (Lipinski definition) is 8. The van der Waals surface area contributed by atoms with Crippen molar-refractivity contribution >= 4 is 29.4 Å². The molecule has 1 saturated heterocycles. The number of rotatable bonds is 0. The first kappa shape index (κ1) is 28.0. The van der Waals surface area contributed by atoms with Gasteiger partial charge >= 0.3 is 5.97 Å². The normalized spacial score (nSPS) is 14.8. The highest BCUT2D eigenvalue weighted by atomic mass is 16.7. The number of carbonyl (C=O) groups is 5. The summed E-state index contributed by atoms with van der Waals surface area (Å²) in [6, 6.07) is 28.3. The Kier molecular flexibility index (Phi) is 8.48. The fourth-order valence-electron chi connectivity index (χ4n) is 4.49. The number of para-hydroxylation sites is 2. The molecule has 9 heteroatoms. The van der Waals surface area contributed by atoms with Crippen molar-refractivity contribution in [2.24, 2.45) is 0 Å². The zero-order chi connectivity index (χ0) is 29.5. The minimum absolute atomic E-state index is 0.0463.